The Morgan fingerprint density at radius 1 is 0.645 bits per heavy atom. The van der Waals surface area contributed by atoms with E-state index in [-0.39, 0.29) is 12.2 Å². The molecule has 0 aromatic heterocycles. The van der Waals surface area contributed by atoms with Crippen LogP contribution in [0.4, 0.5) is 0 Å². The minimum Gasteiger partial charge on any atom is -0.454 e. The molecular weight excluding hydrogens is 399 g/mol. The third-order valence-corrected chi connectivity index (χ3v) is 8.54. The fourth-order valence-electron chi connectivity index (χ4n) is 4.77. The smallest absolute Gasteiger partial charge is 0.252 e. The van der Waals surface area contributed by atoms with Crippen molar-refractivity contribution in [2.75, 3.05) is 0 Å². The van der Waals surface area contributed by atoms with Gasteiger partial charge in [0, 0.05) is 16.4 Å². The van der Waals surface area contributed by atoms with Crippen LogP contribution < -0.4 is 25.4 Å². The van der Waals surface area contributed by atoms with Crippen molar-refractivity contribution in [2.24, 2.45) is 0 Å². The monoisotopic (exact) mass is 422 g/mol. The van der Waals surface area contributed by atoms with Crippen molar-refractivity contribution in [3.8, 4) is 11.5 Å². The molecule has 2 aliphatic heterocycles. The van der Waals surface area contributed by atoms with Crippen molar-refractivity contribution in [1.29, 1.82) is 0 Å². The summed E-state index contributed by atoms with van der Waals surface area (Å²) < 4.78 is 12.8. The van der Waals surface area contributed by atoms with Crippen molar-refractivity contribution in [1.82, 2.24) is 0 Å². The summed E-state index contributed by atoms with van der Waals surface area (Å²) >= 11 is 0. The normalized spacial score (nSPS) is 18.2. The lowest BCUT2D eigenvalue weighted by molar-refractivity contribution is 0.0337. The molecule has 0 amide bonds. The molecule has 0 aliphatic carbocycles. The van der Waals surface area contributed by atoms with Gasteiger partial charge >= 0.3 is 0 Å². The van der Waals surface area contributed by atoms with Gasteiger partial charge in [-0.15, -0.1) is 0 Å². The van der Waals surface area contributed by atoms with Crippen LogP contribution >= 0.6 is 7.92 Å². The highest BCUT2D eigenvalue weighted by molar-refractivity contribution is 7.80. The van der Waals surface area contributed by atoms with Crippen LogP contribution in [0.3, 0.4) is 0 Å². The van der Waals surface area contributed by atoms with Crippen molar-refractivity contribution < 1.29 is 9.47 Å². The first-order chi connectivity index (χ1) is 15.2. The van der Waals surface area contributed by atoms with E-state index in [2.05, 4.69) is 105 Å². The molecule has 2 heterocycles. The number of aryl methyl sites for hydroxylation is 2. The molecule has 2 nitrogen and oxygen atoms in total. The fourth-order valence-corrected chi connectivity index (χ4v) is 7.28. The van der Waals surface area contributed by atoms with Crippen molar-refractivity contribution in [3.63, 3.8) is 0 Å². The summed E-state index contributed by atoms with van der Waals surface area (Å²) in [5, 5.41) is 3.93. The van der Waals surface area contributed by atoms with Gasteiger partial charge in [0.1, 0.15) is 11.5 Å². The maximum Gasteiger partial charge on any atom is 0.252 e. The largest absolute Gasteiger partial charge is 0.454 e. The quantitative estimate of drug-likeness (QED) is 0.417. The molecule has 4 aromatic rings. The molecule has 31 heavy (non-hydrogen) atoms. The first kappa shape index (κ1) is 18.7. The Morgan fingerprint density at radius 3 is 1.97 bits per heavy atom. The molecule has 6 rings (SSSR count). The van der Waals surface area contributed by atoms with Gasteiger partial charge in [-0.3, -0.25) is 0 Å². The maximum atomic E-state index is 6.56. The molecule has 4 aromatic carbocycles. The van der Waals surface area contributed by atoms with Gasteiger partial charge in [0.2, 0.25) is 0 Å². The molecule has 0 N–H and O–H groups in total. The molecule has 0 bridgehead atoms. The van der Waals surface area contributed by atoms with Crippen molar-refractivity contribution in [3.05, 3.63) is 113 Å². The van der Waals surface area contributed by atoms with Gasteiger partial charge in [-0.25, -0.2) is 0 Å². The molecule has 152 valence electrons. The Balaban J connectivity index is 1.56. The SMILES string of the molecule is Cc1ccc2c(c1)[C@H]1c3cc(C)cc(P(c4ccccc4)c4ccccc4)c3O[C@H]1O2. The van der Waals surface area contributed by atoms with Crippen molar-refractivity contribution in [2.45, 2.75) is 26.1 Å². The summed E-state index contributed by atoms with van der Waals surface area (Å²) in [4.78, 5) is 0. The lowest BCUT2D eigenvalue weighted by Gasteiger charge is -2.22. The highest BCUT2D eigenvalue weighted by Crippen LogP contribution is 2.52. The number of rotatable bonds is 3. The fraction of sp³-hybridized carbons (Fsp3) is 0.143. The Kier molecular flexibility index (Phi) is 4.37. The number of hydrogen-bond acceptors (Lipinski definition) is 2. The van der Waals surface area contributed by atoms with Gasteiger partial charge in [-0.05, 0) is 50.1 Å². The van der Waals surface area contributed by atoms with E-state index in [1.165, 1.54) is 38.2 Å². The molecule has 3 heteroatoms. The zero-order chi connectivity index (χ0) is 20.9. The summed E-state index contributed by atoms with van der Waals surface area (Å²) in [7, 11) is -0.738. The van der Waals surface area contributed by atoms with Crippen molar-refractivity contribution >= 4 is 23.8 Å². The second kappa shape index (κ2) is 7.25. The Morgan fingerprint density at radius 2 is 1.29 bits per heavy atom. The summed E-state index contributed by atoms with van der Waals surface area (Å²) in [6.45, 7) is 4.32. The second-order valence-electron chi connectivity index (χ2n) is 8.33. The summed E-state index contributed by atoms with van der Waals surface area (Å²) in [5.74, 6) is 2.08. The molecule has 0 spiro atoms. The van der Waals surface area contributed by atoms with Crippen LogP contribution in [0, 0.1) is 13.8 Å². The molecule has 0 fully saturated rings. The van der Waals surface area contributed by atoms with Gasteiger partial charge in [0.25, 0.3) is 6.29 Å². The summed E-state index contributed by atoms with van der Waals surface area (Å²) in [5.41, 5.74) is 5.01. The molecule has 2 aliphatic rings. The minimum absolute atomic E-state index is 0.131. The van der Waals surface area contributed by atoms with Crippen LogP contribution in [-0.2, 0) is 0 Å². The van der Waals surface area contributed by atoms with E-state index in [1.807, 2.05) is 0 Å². The van der Waals surface area contributed by atoms with Gasteiger partial charge in [0.05, 0.1) is 5.92 Å². The second-order valence-corrected chi connectivity index (χ2v) is 10.5. The Bertz CT molecular complexity index is 1230. The Labute approximate surface area is 184 Å². The van der Waals surface area contributed by atoms with Crippen LogP contribution in [0.2, 0.25) is 0 Å². The van der Waals surface area contributed by atoms with E-state index in [9.17, 15) is 0 Å². The maximum absolute atomic E-state index is 6.56. The van der Waals surface area contributed by atoms with Gasteiger partial charge < -0.3 is 9.47 Å². The van der Waals surface area contributed by atoms with E-state index in [4.69, 9.17) is 9.47 Å². The van der Waals surface area contributed by atoms with Crippen LogP contribution in [-0.4, -0.2) is 6.29 Å². The van der Waals surface area contributed by atoms with E-state index >= 15 is 0 Å². The highest BCUT2D eigenvalue weighted by atomic mass is 31.1. The molecular formula is C28H23O2P. The highest BCUT2D eigenvalue weighted by Gasteiger charge is 2.45. The Hall–Kier alpha value is -3.09. The lowest BCUT2D eigenvalue weighted by Crippen LogP contribution is -2.24. The minimum atomic E-state index is -0.738. The standard InChI is InChI=1S/C28H23O2P/c1-18-13-14-24-22(15-18)26-23-16-19(2)17-25(27(23)30-28(26)29-24)31(20-9-5-3-6-10-20)21-11-7-4-8-12-21/h3-17,26,28H,1-2H3/t26-,28+/m0/s1. The summed E-state index contributed by atoms with van der Waals surface area (Å²) in [6.07, 6.45) is -0.282. The predicted molar refractivity (Wildman–Crippen MR) is 128 cm³/mol. The van der Waals surface area contributed by atoms with Gasteiger partial charge in [0.15, 0.2) is 0 Å². The number of benzene rings is 4. The number of ether oxygens (including phenoxy) is 2. The predicted octanol–water partition coefficient (Wildman–Crippen LogP) is 5.30. The van der Waals surface area contributed by atoms with E-state index in [0.717, 1.165) is 11.5 Å². The molecule has 0 saturated carbocycles. The van der Waals surface area contributed by atoms with Crippen LogP contribution in [0.5, 0.6) is 11.5 Å². The third-order valence-electron chi connectivity index (χ3n) is 6.10. The number of hydrogen-bond donors (Lipinski definition) is 0. The van der Waals surface area contributed by atoms with E-state index in [0.29, 0.717) is 0 Å². The molecule has 0 unspecified atom stereocenters. The zero-order valence-electron chi connectivity index (χ0n) is 17.6. The van der Waals surface area contributed by atoms with Crippen LogP contribution in [0.15, 0.2) is 91.0 Å². The first-order valence-corrected chi connectivity index (χ1v) is 12.0. The molecule has 0 radical (unpaired) electrons. The summed E-state index contributed by atoms with van der Waals surface area (Å²) in [6, 6.07) is 32.6. The third kappa shape index (κ3) is 3.06. The van der Waals surface area contributed by atoms with Gasteiger partial charge in [-0.2, -0.15) is 0 Å². The average Bonchev–Trinajstić information content (AvgIpc) is 3.32. The molecule has 2 atom stereocenters. The van der Waals surface area contributed by atoms with E-state index < -0.39 is 7.92 Å². The van der Waals surface area contributed by atoms with Crippen LogP contribution in [0.25, 0.3) is 0 Å². The zero-order valence-corrected chi connectivity index (χ0v) is 18.5. The lowest BCUT2D eigenvalue weighted by atomic mass is 9.91. The first-order valence-electron chi connectivity index (χ1n) is 10.7. The van der Waals surface area contributed by atoms with E-state index in [1.54, 1.807) is 0 Å². The average molecular weight is 422 g/mol. The van der Waals surface area contributed by atoms with Gasteiger partial charge in [-0.1, -0.05) is 84.4 Å². The molecule has 0 saturated heterocycles. The van der Waals surface area contributed by atoms with Crippen LogP contribution in [0.1, 0.15) is 28.2 Å². The number of fused-ring (bicyclic) bond motifs is 5. The topological polar surface area (TPSA) is 18.5 Å².